The molecule has 0 aliphatic heterocycles. The van der Waals surface area contributed by atoms with Gasteiger partial charge in [0.25, 0.3) is 10.0 Å². The lowest BCUT2D eigenvalue weighted by Crippen LogP contribution is -2.25. The van der Waals surface area contributed by atoms with Crippen molar-refractivity contribution in [3.8, 4) is 0 Å². The van der Waals surface area contributed by atoms with Crippen LogP contribution in [0.15, 0.2) is 24.5 Å². The van der Waals surface area contributed by atoms with E-state index in [4.69, 9.17) is 4.42 Å². The zero-order valence-electron chi connectivity index (χ0n) is 10.3. The molecule has 0 aliphatic carbocycles. The quantitative estimate of drug-likeness (QED) is 0.812. The van der Waals surface area contributed by atoms with Gasteiger partial charge < -0.3 is 4.42 Å². The van der Waals surface area contributed by atoms with E-state index in [0.717, 1.165) is 15.1 Å². The molecule has 2 aromatic heterocycles. The van der Waals surface area contributed by atoms with Crippen LogP contribution >= 0.6 is 27.3 Å². The topological polar surface area (TPSA) is 76.3 Å². The van der Waals surface area contributed by atoms with E-state index < -0.39 is 10.0 Å². The SMILES string of the molecule is CCc1nnc(CN(C)S(=O)(=O)c2ccc(Br)s2)o1. The summed E-state index contributed by atoms with van der Waals surface area (Å²) in [5, 5.41) is 7.61. The van der Waals surface area contributed by atoms with Crippen LogP contribution in [-0.4, -0.2) is 30.0 Å². The molecule has 0 saturated carbocycles. The number of rotatable bonds is 5. The molecule has 0 aromatic carbocycles. The molecule has 2 rings (SSSR count). The van der Waals surface area contributed by atoms with Crippen molar-refractivity contribution in [2.75, 3.05) is 7.05 Å². The van der Waals surface area contributed by atoms with Crippen molar-refractivity contribution < 1.29 is 12.8 Å². The third-order valence-electron chi connectivity index (χ3n) is 2.38. The largest absolute Gasteiger partial charge is 0.424 e. The van der Waals surface area contributed by atoms with Crippen molar-refractivity contribution in [3.63, 3.8) is 0 Å². The lowest BCUT2D eigenvalue weighted by molar-refractivity contribution is 0.382. The van der Waals surface area contributed by atoms with E-state index in [1.165, 1.54) is 11.4 Å². The Hall–Kier alpha value is -0.770. The van der Waals surface area contributed by atoms with Gasteiger partial charge >= 0.3 is 0 Å². The van der Waals surface area contributed by atoms with Gasteiger partial charge in [0, 0.05) is 13.5 Å². The zero-order valence-corrected chi connectivity index (χ0v) is 13.5. The van der Waals surface area contributed by atoms with Gasteiger partial charge in [0.15, 0.2) is 0 Å². The monoisotopic (exact) mass is 365 g/mol. The van der Waals surface area contributed by atoms with Crippen molar-refractivity contribution in [3.05, 3.63) is 27.7 Å². The summed E-state index contributed by atoms with van der Waals surface area (Å²) in [6.07, 6.45) is 0.626. The van der Waals surface area contributed by atoms with Crippen LogP contribution in [-0.2, 0) is 23.0 Å². The van der Waals surface area contributed by atoms with Crippen molar-refractivity contribution in [2.45, 2.75) is 24.1 Å². The van der Waals surface area contributed by atoms with Crippen molar-refractivity contribution in [1.29, 1.82) is 0 Å². The Kier molecular flexibility index (Phi) is 4.39. The Morgan fingerprint density at radius 2 is 2.05 bits per heavy atom. The first-order valence-electron chi connectivity index (χ1n) is 5.46. The van der Waals surface area contributed by atoms with Crippen LogP contribution in [0.25, 0.3) is 0 Å². The Morgan fingerprint density at radius 1 is 1.37 bits per heavy atom. The molecule has 0 unspecified atom stereocenters. The highest BCUT2D eigenvalue weighted by Gasteiger charge is 2.24. The molecule has 2 heterocycles. The van der Waals surface area contributed by atoms with E-state index in [-0.39, 0.29) is 10.8 Å². The number of nitrogens with zero attached hydrogens (tertiary/aromatic N) is 3. The van der Waals surface area contributed by atoms with Gasteiger partial charge in [-0.3, -0.25) is 0 Å². The van der Waals surface area contributed by atoms with Crippen LogP contribution < -0.4 is 0 Å². The van der Waals surface area contributed by atoms with Gasteiger partial charge in [-0.1, -0.05) is 6.92 Å². The van der Waals surface area contributed by atoms with Gasteiger partial charge in [-0.05, 0) is 28.1 Å². The van der Waals surface area contributed by atoms with E-state index in [2.05, 4.69) is 26.1 Å². The highest BCUT2D eigenvalue weighted by molar-refractivity contribution is 9.11. The molecular formula is C10H12BrN3O3S2. The van der Waals surface area contributed by atoms with Crippen LogP contribution in [0.3, 0.4) is 0 Å². The molecule has 19 heavy (non-hydrogen) atoms. The second-order valence-corrected chi connectivity index (χ2v) is 8.50. The first-order valence-corrected chi connectivity index (χ1v) is 8.51. The van der Waals surface area contributed by atoms with Gasteiger partial charge in [-0.25, -0.2) is 8.42 Å². The van der Waals surface area contributed by atoms with Crippen LogP contribution in [0.1, 0.15) is 18.7 Å². The predicted octanol–water partition coefficient (Wildman–Crippen LogP) is 2.28. The summed E-state index contributed by atoms with van der Waals surface area (Å²) in [5.74, 6) is 0.790. The fourth-order valence-corrected chi connectivity index (χ4v) is 4.70. The second-order valence-electron chi connectivity index (χ2n) is 3.76. The van der Waals surface area contributed by atoms with Gasteiger partial charge in [-0.15, -0.1) is 21.5 Å². The molecule has 0 atom stereocenters. The Labute approximate surface area is 123 Å². The normalized spacial score (nSPS) is 12.2. The van der Waals surface area contributed by atoms with E-state index in [1.54, 1.807) is 12.1 Å². The molecule has 0 N–H and O–H groups in total. The lowest BCUT2D eigenvalue weighted by atomic mass is 10.5. The molecule has 0 amide bonds. The van der Waals surface area contributed by atoms with Crippen LogP contribution in [0, 0.1) is 0 Å². The lowest BCUT2D eigenvalue weighted by Gasteiger charge is -2.13. The molecular weight excluding hydrogens is 354 g/mol. The highest BCUT2D eigenvalue weighted by atomic mass is 79.9. The summed E-state index contributed by atoms with van der Waals surface area (Å²) in [6.45, 7) is 1.95. The third kappa shape index (κ3) is 3.22. The molecule has 0 radical (unpaired) electrons. The summed E-state index contributed by atoms with van der Waals surface area (Å²) in [4.78, 5) is 0. The summed E-state index contributed by atoms with van der Waals surface area (Å²) in [7, 11) is -2.03. The average molecular weight is 366 g/mol. The van der Waals surface area contributed by atoms with Crippen molar-refractivity contribution in [2.24, 2.45) is 0 Å². The number of aromatic nitrogens is 2. The Morgan fingerprint density at radius 3 is 2.58 bits per heavy atom. The van der Waals surface area contributed by atoms with Crippen LogP contribution in [0.4, 0.5) is 0 Å². The molecule has 0 aliphatic rings. The molecule has 9 heteroatoms. The number of thiophene rings is 1. The van der Waals surface area contributed by atoms with Crippen molar-refractivity contribution >= 4 is 37.3 Å². The first kappa shape index (κ1) is 14.6. The Bertz CT molecular complexity index is 665. The maximum absolute atomic E-state index is 12.3. The number of hydrogen-bond donors (Lipinski definition) is 0. The van der Waals surface area contributed by atoms with E-state index in [9.17, 15) is 8.42 Å². The highest BCUT2D eigenvalue weighted by Crippen LogP contribution is 2.28. The minimum absolute atomic E-state index is 0.0604. The molecule has 2 aromatic rings. The Balaban J connectivity index is 2.17. The van der Waals surface area contributed by atoms with E-state index >= 15 is 0 Å². The summed E-state index contributed by atoms with van der Waals surface area (Å²) < 4.78 is 32.0. The zero-order chi connectivity index (χ0) is 14.0. The minimum Gasteiger partial charge on any atom is -0.424 e. The summed E-state index contributed by atoms with van der Waals surface area (Å²) >= 11 is 4.41. The molecule has 0 bridgehead atoms. The fourth-order valence-electron chi connectivity index (χ4n) is 1.36. The first-order chi connectivity index (χ1) is 8.93. The van der Waals surface area contributed by atoms with E-state index in [0.29, 0.717) is 18.2 Å². The third-order valence-corrected chi connectivity index (χ3v) is 6.28. The van der Waals surface area contributed by atoms with Gasteiger partial charge in [0.1, 0.15) is 4.21 Å². The molecule has 0 spiro atoms. The van der Waals surface area contributed by atoms with Gasteiger partial charge in [0.2, 0.25) is 11.8 Å². The summed E-state index contributed by atoms with van der Waals surface area (Å²) in [5.41, 5.74) is 0. The number of hydrogen-bond acceptors (Lipinski definition) is 6. The van der Waals surface area contributed by atoms with Crippen molar-refractivity contribution in [1.82, 2.24) is 14.5 Å². The second kappa shape index (κ2) is 5.70. The molecule has 0 saturated heterocycles. The van der Waals surface area contributed by atoms with Crippen LogP contribution in [0.5, 0.6) is 0 Å². The van der Waals surface area contributed by atoms with E-state index in [1.807, 2.05) is 6.92 Å². The summed E-state index contributed by atoms with van der Waals surface area (Å²) in [6, 6.07) is 3.26. The maximum Gasteiger partial charge on any atom is 0.252 e. The number of halogens is 1. The fraction of sp³-hybridized carbons (Fsp3) is 0.400. The smallest absolute Gasteiger partial charge is 0.252 e. The molecule has 104 valence electrons. The number of sulfonamides is 1. The predicted molar refractivity (Wildman–Crippen MR) is 74.3 cm³/mol. The molecule has 6 nitrogen and oxygen atoms in total. The number of aryl methyl sites for hydroxylation is 1. The maximum atomic E-state index is 12.3. The van der Waals surface area contributed by atoms with Gasteiger partial charge in [0.05, 0.1) is 10.3 Å². The van der Waals surface area contributed by atoms with Crippen LogP contribution in [0.2, 0.25) is 0 Å². The van der Waals surface area contributed by atoms with Gasteiger partial charge in [-0.2, -0.15) is 4.31 Å². The minimum atomic E-state index is -3.52. The molecule has 0 fully saturated rings. The standard InChI is InChI=1S/C10H12BrN3O3S2/c1-3-8-12-13-9(17-8)6-14(2)19(15,16)10-5-4-7(11)18-10/h4-5H,3,6H2,1-2H3. The average Bonchev–Trinajstić information content (AvgIpc) is 2.98.